The molecule has 0 radical (unpaired) electrons. The van der Waals surface area contributed by atoms with Crippen molar-refractivity contribution in [3.8, 4) is 0 Å². The molecule has 1 aromatic heterocycles. The second kappa shape index (κ2) is 3.34. The Hall–Kier alpha value is -1.32. The van der Waals surface area contributed by atoms with Gasteiger partial charge in [0, 0.05) is 31.5 Å². The predicted octanol–water partition coefficient (Wildman–Crippen LogP) is 1.73. The molecule has 16 heavy (non-hydrogen) atoms. The van der Waals surface area contributed by atoms with E-state index in [0.717, 1.165) is 31.8 Å². The summed E-state index contributed by atoms with van der Waals surface area (Å²) in [4.78, 5) is 2.21. The number of hydrogen-bond acceptors (Lipinski definition) is 2. The number of piperidine rings is 1. The van der Waals surface area contributed by atoms with E-state index < -0.39 is 0 Å². The minimum atomic E-state index is 0.594. The van der Waals surface area contributed by atoms with Gasteiger partial charge in [0.25, 0.3) is 0 Å². The van der Waals surface area contributed by atoms with Crippen LogP contribution >= 0.6 is 0 Å². The molecule has 2 bridgehead atoms. The summed E-state index contributed by atoms with van der Waals surface area (Å²) in [5.41, 5.74) is 2.73. The maximum absolute atomic E-state index is 8.06. The number of rotatable bonds is 1. The summed E-state index contributed by atoms with van der Waals surface area (Å²) in [6.45, 7) is 4.13. The monoisotopic (exact) mass is 218 g/mol. The molecule has 0 spiro atoms. The Kier molecular flexibility index (Phi) is 2.06. The Morgan fingerprint density at radius 3 is 3.12 bits per heavy atom. The summed E-state index contributed by atoms with van der Waals surface area (Å²) in [7, 11) is 2.01. The Morgan fingerprint density at radius 2 is 2.38 bits per heavy atom. The summed E-state index contributed by atoms with van der Waals surface area (Å²) >= 11 is 0. The van der Waals surface area contributed by atoms with Gasteiger partial charge in [-0.1, -0.05) is 13.3 Å². The molecule has 1 fully saturated rings. The van der Waals surface area contributed by atoms with Gasteiger partial charge in [-0.2, -0.15) is 5.10 Å². The van der Waals surface area contributed by atoms with Gasteiger partial charge in [-0.3, -0.25) is 10.1 Å². The molecule has 1 saturated heterocycles. The van der Waals surface area contributed by atoms with Crippen molar-refractivity contribution in [3.05, 3.63) is 17.5 Å². The van der Waals surface area contributed by atoms with Gasteiger partial charge in [0.2, 0.25) is 0 Å². The Morgan fingerprint density at radius 1 is 1.56 bits per heavy atom. The molecule has 1 aromatic rings. The molecule has 0 aliphatic carbocycles. The second-order valence-electron chi connectivity index (χ2n) is 4.98. The van der Waals surface area contributed by atoms with Crippen molar-refractivity contribution < 1.29 is 0 Å². The van der Waals surface area contributed by atoms with E-state index in [1.807, 2.05) is 17.9 Å². The number of nitrogens with one attached hydrogen (secondary N) is 1. The number of hydrogen-bond donors (Lipinski definition) is 1. The van der Waals surface area contributed by atoms with Crippen LogP contribution < -0.4 is 0 Å². The molecule has 0 amide bonds. The highest BCUT2D eigenvalue weighted by Gasteiger charge is 2.38. The molecule has 86 valence electrons. The van der Waals surface area contributed by atoms with E-state index in [2.05, 4.69) is 16.9 Å². The van der Waals surface area contributed by atoms with E-state index in [-0.39, 0.29) is 0 Å². The Balaban J connectivity index is 2.06. The Labute approximate surface area is 95.8 Å². The van der Waals surface area contributed by atoms with Gasteiger partial charge < -0.3 is 4.90 Å². The molecule has 2 unspecified atom stereocenters. The summed E-state index contributed by atoms with van der Waals surface area (Å²) in [6.07, 6.45) is 4.14. The molecule has 4 nitrogen and oxygen atoms in total. The summed E-state index contributed by atoms with van der Waals surface area (Å²) < 4.78 is 1.97. The van der Waals surface area contributed by atoms with Crippen LogP contribution in [0.1, 0.15) is 36.9 Å². The van der Waals surface area contributed by atoms with Crippen LogP contribution in [-0.4, -0.2) is 27.1 Å². The van der Waals surface area contributed by atoms with E-state index >= 15 is 0 Å². The van der Waals surface area contributed by atoms with E-state index in [1.54, 1.807) is 0 Å². The molecular weight excluding hydrogens is 200 g/mol. The first-order valence-electron chi connectivity index (χ1n) is 6.03. The fourth-order valence-electron chi connectivity index (χ4n) is 3.12. The van der Waals surface area contributed by atoms with Crippen LogP contribution in [0.2, 0.25) is 0 Å². The minimum Gasteiger partial charge on any atom is -0.354 e. The van der Waals surface area contributed by atoms with Crippen molar-refractivity contribution >= 4 is 5.84 Å². The van der Waals surface area contributed by atoms with Gasteiger partial charge >= 0.3 is 0 Å². The van der Waals surface area contributed by atoms with Crippen LogP contribution in [0.5, 0.6) is 0 Å². The molecular formula is C12H18N4. The predicted molar refractivity (Wildman–Crippen MR) is 62.5 cm³/mol. The standard InChI is InChI=1S/C12H18N4/c1-3-8-4-12(13)16-6-10(8)9-5-14-15(2)11(9)7-16/h5,8,10,13H,3-4,6-7H2,1-2H3. The molecule has 4 heteroatoms. The van der Waals surface area contributed by atoms with E-state index in [4.69, 9.17) is 5.41 Å². The van der Waals surface area contributed by atoms with Gasteiger partial charge in [-0.15, -0.1) is 0 Å². The molecule has 2 aliphatic heterocycles. The molecule has 2 atom stereocenters. The van der Waals surface area contributed by atoms with Crippen molar-refractivity contribution in [2.24, 2.45) is 13.0 Å². The third kappa shape index (κ3) is 1.22. The van der Waals surface area contributed by atoms with Gasteiger partial charge in [0.1, 0.15) is 0 Å². The molecule has 0 saturated carbocycles. The van der Waals surface area contributed by atoms with Gasteiger partial charge in [-0.05, 0) is 5.92 Å². The first-order valence-corrected chi connectivity index (χ1v) is 6.03. The number of fused-ring (bicyclic) bond motifs is 4. The minimum absolute atomic E-state index is 0.594. The average molecular weight is 218 g/mol. The summed E-state index contributed by atoms with van der Waals surface area (Å²) in [5.74, 6) is 2.04. The molecule has 0 aromatic carbocycles. The quantitative estimate of drug-likeness (QED) is 0.780. The highest BCUT2D eigenvalue weighted by Crippen LogP contribution is 2.40. The normalized spacial score (nSPS) is 28.1. The maximum Gasteiger partial charge on any atom is 0.0964 e. The molecule has 3 heterocycles. The zero-order valence-electron chi connectivity index (χ0n) is 9.90. The van der Waals surface area contributed by atoms with Crippen molar-refractivity contribution in [2.75, 3.05) is 6.54 Å². The number of nitrogens with zero attached hydrogens (tertiary/aromatic N) is 3. The van der Waals surface area contributed by atoms with E-state index in [1.165, 1.54) is 11.3 Å². The average Bonchev–Trinajstić information content (AvgIpc) is 2.66. The lowest BCUT2D eigenvalue weighted by Gasteiger charge is -2.43. The zero-order valence-corrected chi connectivity index (χ0v) is 9.90. The lowest BCUT2D eigenvalue weighted by atomic mass is 9.76. The lowest BCUT2D eigenvalue weighted by molar-refractivity contribution is 0.236. The first-order chi connectivity index (χ1) is 7.70. The second-order valence-corrected chi connectivity index (χ2v) is 4.98. The smallest absolute Gasteiger partial charge is 0.0964 e. The van der Waals surface area contributed by atoms with Gasteiger partial charge in [-0.25, -0.2) is 0 Å². The highest BCUT2D eigenvalue weighted by molar-refractivity contribution is 5.81. The van der Waals surface area contributed by atoms with Gasteiger partial charge in [0.15, 0.2) is 0 Å². The van der Waals surface area contributed by atoms with Crippen LogP contribution in [-0.2, 0) is 13.6 Å². The van der Waals surface area contributed by atoms with Crippen LogP contribution in [0.25, 0.3) is 0 Å². The fraction of sp³-hybridized carbons (Fsp3) is 0.667. The highest BCUT2D eigenvalue weighted by atomic mass is 15.3. The van der Waals surface area contributed by atoms with Crippen LogP contribution in [0.4, 0.5) is 0 Å². The van der Waals surface area contributed by atoms with E-state index in [0.29, 0.717) is 11.8 Å². The maximum atomic E-state index is 8.06. The number of aryl methyl sites for hydroxylation is 1. The topological polar surface area (TPSA) is 44.9 Å². The third-order valence-electron chi connectivity index (χ3n) is 4.18. The summed E-state index contributed by atoms with van der Waals surface area (Å²) in [5, 5.41) is 12.4. The van der Waals surface area contributed by atoms with Gasteiger partial charge in [0.05, 0.1) is 24.3 Å². The van der Waals surface area contributed by atoms with Crippen molar-refractivity contribution in [3.63, 3.8) is 0 Å². The largest absolute Gasteiger partial charge is 0.354 e. The van der Waals surface area contributed by atoms with E-state index in [9.17, 15) is 0 Å². The molecule has 1 N–H and O–H groups in total. The van der Waals surface area contributed by atoms with Crippen LogP contribution in [0, 0.1) is 11.3 Å². The van der Waals surface area contributed by atoms with Crippen molar-refractivity contribution in [2.45, 2.75) is 32.2 Å². The molecule has 3 rings (SSSR count). The summed E-state index contributed by atoms with van der Waals surface area (Å²) in [6, 6.07) is 0. The van der Waals surface area contributed by atoms with Crippen molar-refractivity contribution in [1.29, 1.82) is 5.41 Å². The fourth-order valence-corrected chi connectivity index (χ4v) is 3.12. The van der Waals surface area contributed by atoms with Crippen LogP contribution in [0.3, 0.4) is 0 Å². The lowest BCUT2D eigenvalue weighted by Crippen LogP contribution is -2.46. The van der Waals surface area contributed by atoms with Crippen molar-refractivity contribution in [1.82, 2.24) is 14.7 Å². The SMILES string of the molecule is CCC1CC(=N)N2Cc3c(cnn3C)C1C2. The molecule has 2 aliphatic rings. The van der Waals surface area contributed by atoms with Crippen LogP contribution in [0.15, 0.2) is 6.20 Å². The number of aromatic nitrogens is 2. The zero-order chi connectivity index (χ0) is 11.3. The number of amidine groups is 1. The third-order valence-corrected chi connectivity index (χ3v) is 4.18. The Bertz CT molecular complexity index is 434. The first kappa shape index (κ1) is 9.87.